The van der Waals surface area contributed by atoms with Crippen LogP contribution >= 0.6 is 11.6 Å². The SMILES string of the molecule is O=C(NCCn1nc(-c2ccc(Cl)cc2)ccc1=O)c1c[nH]c2ccccc12. The molecule has 2 aromatic heterocycles. The molecule has 0 saturated carbocycles. The van der Waals surface area contributed by atoms with Crippen molar-refractivity contribution in [3.8, 4) is 11.3 Å². The lowest BCUT2D eigenvalue weighted by Crippen LogP contribution is -2.31. The highest BCUT2D eigenvalue weighted by atomic mass is 35.5. The number of carbonyl (C=O) groups is 1. The molecule has 0 fully saturated rings. The fourth-order valence-electron chi connectivity index (χ4n) is 3.01. The van der Waals surface area contributed by atoms with E-state index in [9.17, 15) is 9.59 Å². The van der Waals surface area contributed by atoms with E-state index < -0.39 is 0 Å². The number of aromatic nitrogens is 3. The first-order valence-corrected chi connectivity index (χ1v) is 9.18. The number of nitrogens with one attached hydrogen (secondary N) is 2. The lowest BCUT2D eigenvalue weighted by molar-refractivity contribution is 0.0953. The molecule has 4 aromatic rings. The summed E-state index contributed by atoms with van der Waals surface area (Å²) in [5.74, 6) is -0.195. The molecule has 140 valence electrons. The molecule has 4 rings (SSSR count). The smallest absolute Gasteiger partial charge is 0.266 e. The van der Waals surface area contributed by atoms with Crippen molar-refractivity contribution < 1.29 is 4.79 Å². The molecule has 0 atom stereocenters. The van der Waals surface area contributed by atoms with Gasteiger partial charge in [-0.05, 0) is 24.3 Å². The van der Waals surface area contributed by atoms with E-state index in [1.807, 2.05) is 36.4 Å². The number of H-pyrrole nitrogens is 1. The normalized spacial score (nSPS) is 10.9. The molecule has 2 heterocycles. The Labute approximate surface area is 165 Å². The summed E-state index contributed by atoms with van der Waals surface area (Å²) in [5, 5.41) is 8.73. The first kappa shape index (κ1) is 18.0. The quantitative estimate of drug-likeness (QED) is 0.545. The molecular weight excluding hydrogens is 376 g/mol. The molecule has 0 aliphatic heterocycles. The summed E-state index contributed by atoms with van der Waals surface area (Å²) >= 11 is 5.91. The zero-order valence-corrected chi connectivity index (χ0v) is 15.6. The predicted molar refractivity (Wildman–Crippen MR) is 110 cm³/mol. The third kappa shape index (κ3) is 3.68. The average Bonchev–Trinajstić information content (AvgIpc) is 3.14. The maximum absolute atomic E-state index is 12.5. The number of benzene rings is 2. The van der Waals surface area contributed by atoms with Crippen molar-refractivity contribution in [2.45, 2.75) is 6.54 Å². The molecule has 1 amide bonds. The van der Waals surface area contributed by atoms with Gasteiger partial charge in [-0.2, -0.15) is 5.10 Å². The zero-order valence-electron chi connectivity index (χ0n) is 14.9. The number of hydrogen-bond acceptors (Lipinski definition) is 3. The summed E-state index contributed by atoms with van der Waals surface area (Å²) in [6, 6.07) is 18.0. The lowest BCUT2D eigenvalue weighted by atomic mass is 10.1. The Bertz CT molecular complexity index is 1190. The van der Waals surface area contributed by atoms with Gasteiger partial charge in [0.1, 0.15) is 0 Å². The molecule has 2 aromatic carbocycles. The van der Waals surface area contributed by atoms with Gasteiger partial charge in [0.2, 0.25) is 0 Å². The number of rotatable bonds is 5. The standard InChI is InChI=1S/C21H17ClN4O2/c22-15-7-5-14(6-8-15)18-9-10-20(27)26(25-18)12-11-23-21(28)17-13-24-19-4-2-1-3-16(17)19/h1-10,13,24H,11-12H2,(H,23,28). The van der Waals surface area contributed by atoms with Crippen LogP contribution in [0.3, 0.4) is 0 Å². The number of aromatic amines is 1. The van der Waals surface area contributed by atoms with Crippen LogP contribution in [0, 0.1) is 0 Å². The second kappa shape index (κ2) is 7.70. The van der Waals surface area contributed by atoms with Crippen molar-refractivity contribution in [2.24, 2.45) is 0 Å². The van der Waals surface area contributed by atoms with Crippen molar-refractivity contribution in [3.05, 3.63) is 87.8 Å². The van der Waals surface area contributed by atoms with Crippen molar-refractivity contribution in [1.82, 2.24) is 20.1 Å². The molecule has 0 aliphatic rings. The van der Waals surface area contributed by atoms with E-state index in [-0.39, 0.29) is 24.6 Å². The molecule has 6 nitrogen and oxygen atoms in total. The van der Waals surface area contributed by atoms with Crippen LogP contribution in [0.1, 0.15) is 10.4 Å². The van der Waals surface area contributed by atoms with E-state index in [1.54, 1.807) is 24.4 Å². The molecule has 2 N–H and O–H groups in total. The Balaban J connectivity index is 1.46. The second-order valence-electron chi connectivity index (χ2n) is 6.29. The number of para-hydroxylation sites is 1. The number of hydrogen-bond donors (Lipinski definition) is 2. The monoisotopic (exact) mass is 392 g/mol. The van der Waals surface area contributed by atoms with Crippen molar-refractivity contribution in [3.63, 3.8) is 0 Å². The molecule has 7 heteroatoms. The van der Waals surface area contributed by atoms with Gasteiger partial charge < -0.3 is 10.3 Å². The molecule has 0 bridgehead atoms. The molecule has 0 aliphatic carbocycles. The highest BCUT2D eigenvalue weighted by Gasteiger charge is 2.11. The number of amides is 1. The van der Waals surface area contributed by atoms with Gasteiger partial charge in [0, 0.05) is 40.3 Å². The van der Waals surface area contributed by atoms with Crippen LogP contribution < -0.4 is 10.9 Å². The Morgan fingerprint density at radius 1 is 1.07 bits per heavy atom. The number of carbonyl (C=O) groups excluding carboxylic acids is 1. The summed E-state index contributed by atoms with van der Waals surface area (Å²) < 4.78 is 1.35. The maximum Gasteiger partial charge on any atom is 0.266 e. The molecule has 0 saturated heterocycles. The predicted octanol–water partition coefficient (Wildman–Crippen LogP) is 3.48. The Hall–Kier alpha value is -3.38. The van der Waals surface area contributed by atoms with Gasteiger partial charge in [0.25, 0.3) is 11.5 Å². The largest absolute Gasteiger partial charge is 0.360 e. The summed E-state index contributed by atoms with van der Waals surface area (Å²) in [7, 11) is 0. The molecule has 0 radical (unpaired) electrons. The van der Waals surface area contributed by atoms with E-state index in [0.29, 0.717) is 16.3 Å². The fraction of sp³-hybridized carbons (Fsp3) is 0.0952. The van der Waals surface area contributed by atoms with E-state index >= 15 is 0 Å². The summed E-state index contributed by atoms with van der Waals surface area (Å²) in [6.07, 6.45) is 1.69. The van der Waals surface area contributed by atoms with Crippen LogP contribution in [0.5, 0.6) is 0 Å². The van der Waals surface area contributed by atoms with Crippen LogP contribution in [0.15, 0.2) is 71.7 Å². The number of nitrogens with zero attached hydrogens (tertiary/aromatic N) is 2. The number of fused-ring (bicyclic) bond motifs is 1. The van der Waals surface area contributed by atoms with Crippen LogP contribution in [-0.4, -0.2) is 27.2 Å². The first-order valence-electron chi connectivity index (χ1n) is 8.80. The highest BCUT2D eigenvalue weighted by Crippen LogP contribution is 2.19. The minimum atomic E-state index is -0.223. The van der Waals surface area contributed by atoms with E-state index in [0.717, 1.165) is 16.5 Å². The zero-order chi connectivity index (χ0) is 19.5. The highest BCUT2D eigenvalue weighted by molar-refractivity contribution is 6.30. The van der Waals surface area contributed by atoms with E-state index in [4.69, 9.17) is 11.6 Å². The third-order valence-electron chi connectivity index (χ3n) is 4.45. The van der Waals surface area contributed by atoms with Crippen molar-refractivity contribution in [2.75, 3.05) is 6.54 Å². The molecular formula is C21H17ClN4O2. The summed E-state index contributed by atoms with van der Waals surface area (Å²) in [4.78, 5) is 27.6. The maximum atomic E-state index is 12.5. The van der Waals surface area contributed by atoms with Gasteiger partial charge >= 0.3 is 0 Å². The molecule has 0 spiro atoms. The fourth-order valence-corrected chi connectivity index (χ4v) is 3.14. The Morgan fingerprint density at radius 2 is 1.86 bits per heavy atom. The van der Waals surface area contributed by atoms with E-state index in [1.165, 1.54) is 10.7 Å². The first-order chi connectivity index (χ1) is 13.6. The summed E-state index contributed by atoms with van der Waals surface area (Å²) in [6.45, 7) is 0.559. The van der Waals surface area contributed by atoms with Crippen molar-refractivity contribution >= 4 is 28.4 Å². The van der Waals surface area contributed by atoms with E-state index in [2.05, 4.69) is 15.4 Å². The van der Waals surface area contributed by atoms with Gasteiger partial charge in [-0.15, -0.1) is 0 Å². The topological polar surface area (TPSA) is 79.8 Å². The van der Waals surface area contributed by atoms with Gasteiger partial charge in [0.05, 0.1) is 17.8 Å². The third-order valence-corrected chi connectivity index (χ3v) is 4.70. The second-order valence-corrected chi connectivity index (χ2v) is 6.73. The molecule has 0 unspecified atom stereocenters. The van der Waals surface area contributed by atoms with Gasteiger partial charge in [0.15, 0.2) is 0 Å². The summed E-state index contributed by atoms with van der Waals surface area (Å²) in [5.41, 5.74) is 2.78. The van der Waals surface area contributed by atoms with Gasteiger partial charge in [-0.3, -0.25) is 9.59 Å². The Kier molecular flexibility index (Phi) is 4.95. The Morgan fingerprint density at radius 3 is 2.68 bits per heavy atom. The van der Waals surface area contributed by atoms with Crippen LogP contribution in [-0.2, 0) is 6.54 Å². The van der Waals surface area contributed by atoms with Gasteiger partial charge in [-0.25, -0.2) is 4.68 Å². The minimum Gasteiger partial charge on any atom is -0.360 e. The van der Waals surface area contributed by atoms with Crippen LogP contribution in [0.4, 0.5) is 0 Å². The molecule has 28 heavy (non-hydrogen) atoms. The van der Waals surface area contributed by atoms with Gasteiger partial charge in [-0.1, -0.05) is 41.9 Å². The average molecular weight is 393 g/mol. The lowest BCUT2D eigenvalue weighted by Gasteiger charge is -2.08. The minimum absolute atomic E-state index is 0.195. The van der Waals surface area contributed by atoms with Crippen LogP contribution in [0.2, 0.25) is 5.02 Å². The van der Waals surface area contributed by atoms with Crippen LogP contribution in [0.25, 0.3) is 22.2 Å². The number of halogens is 1. The van der Waals surface area contributed by atoms with Crippen molar-refractivity contribution in [1.29, 1.82) is 0 Å².